The third-order valence-electron chi connectivity index (χ3n) is 4.31. The second-order valence-electron chi connectivity index (χ2n) is 5.92. The fourth-order valence-electron chi connectivity index (χ4n) is 2.92. The zero-order valence-electron chi connectivity index (χ0n) is 14.3. The first-order valence-electron chi connectivity index (χ1n) is 8.39. The molecule has 6 heteroatoms. The molecule has 2 aromatic rings. The Labute approximate surface area is 147 Å². The van der Waals surface area contributed by atoms with Gasteiger partial charge < -0.3 is 5.11 Å². The molecule has 0 amide bonds. The van der Waals surface area contributed by atoms with E-state index in [-0.39, 0.29) is 5.88 Å². The van der Waals surface area contributed by atoms with Gasteiger partial charge in [-0.25, -0.2) is 4.98 Å². The Morgan fingerprint density at radius 3 is 3.04 bits per heavy atom. The number of nitrogens with zero attached hydrogens (tertiary/aromatic N) is 5. The van der Waals surface area contributed by atoms with Crippen LogP contribution in [0.25, 0.3) is 5.82 Å². The Bertz CT molecular complexity index is 829. The van der Waals surface area contributed by atoms with Gasteiger partial charge in [-0.3, -0.25) is 4.90 Å². The molecule has 1 N–H and O–H groups in total. The van der Waals surface area contributed by atoms with Crippen LogP contribution in [0.5, 0.6) is 5.88 Å². The van der Waals surface area contributed by atoms with E-state index in [1.54, 1.807) is 12.3 Å². The van der Waals surface area contributed by atoms with Gasteiger partial charge in [0.1, 0.15) is 0 Å². The van der Waals surface area contributed by atoms with Gasteiger partial charge in [0, 0.05) is 37.0 Å². The average Bonchev–Trinajstić information content (AvgIpc) is 2.99. The monoisotopic (exact) mass is 335 g/mol. The highest BCUT2D eigenvalue weighted by Crippen LogP contribution is 2.28. The molecule has 2 aromatic heterocycles. The van der Waals surface area contributed by atoms with E-state index in [1.165, 1.54) is 4.68 Å². The molecular weight excluding hydrogens is 314 g/mol. The number of nitriles is 1. The summed E-state index contributed by atoms with van der Waals surface area (Å²) >= 11 is 0. The number of rotatable bonds is 5. The Morgan fingerprint density at radius 1 is 1.44 bits per heavy atom. The van der Waals surface area contributed by atoms with E-state index >= 15 is 0 Å². The third kappa shape index (κ3) is 3.78. The summed E-state index contributed by atoms with van der Waals surface area (Å²) in [7, 11) is 0. The fraction of sp³-hybridized carbons (Fsp3) is 0.316. The van der Waals surface area contributed by atoms with Gasteiger partial charge in [0.05, 0.1) is 11.8 Å². The quantitative estimate of drug-likeness (QED) is 0.671. The van der Waals surface area contributed by atoms with Gasteiger partial charge in [-0.05, 0) is 38.0 Å². The van der Waals surface area contributed by atoms with Crippen molar-refractivity contribution < 1.29 is 5.11 Å². The van der Waals surface area contributed by atoms with Crippen molar-refractivity contribution in [2.75, 3.05) is 13.1 Å². The van der Waals surface area contributed by atoms with Crippen molar-refractivity contribution >= 4 is 0 Å². The van der Waals surface area contributed by atoms with Crippen LogP contribution in [0.1, 0.15) is 24.6 Å². The van der Waals surface area contributed by atoms with E-state index in [0.29, 0.717) is 17.9 Å². The van der Waals surface area contributed by atoms with Gasteiger partial charge >= 0.3 is 0 Å². The maximum absolute atomic E-state index is 10.4. The summed E-state index contributed by atoms with van der Waals surface area (Å²) in [6, 6.07) is 7.68. The highest BCUT2D eigenvalue weighted by atomic mass is 16.3. The summed E-state index contributed by atoms with van der Waals surface area (Å²) < 4.78 is 1.51. The highest BCUT2D eigenvalue weighted by Gasteiger charge is 2.24. The molecule has 0 spiro atoms. The van der Waals surface area contributed by atoms with Crippen LogP contribution in [-0.4, -0.2) is 37.9 Å². The van der Waals surface area contributed by atoms with Crippen LogP contribution in [0.4, 0.5) is 0 Å². The molecule has 3 rings (SSSR count). The molecule has 0 saturated heterocycles. The maximum atomic E-state index is 10.4. The van der Waals surface area contributed by atoms with E-state index in [0.717, 1.165) is 37.2 Å². The van der Waals surface area contributed by atoms with Crippen molar-refractivity contribution in [1.82, 2.24) is 19.7 Å². The normalized spacial score (nSPS) is 15.3. The number of allylic oxidation sites excluding steroid dienone is 3. The molecule has 0 aromatic carbocycles. The summed E-state index contributed by atoms with van der Waals surface area (Å²) in [4.78, 5) is 6.56. The first kappa shape index (κ1) is 16.9. The molecule has 0 aliphatic carbocycles. The van der Waals surface area contributed by atoms with E-state index in [9.17, 15) is 5.11 Å². The lowest BCUT2D eigenvalue weighted by molar-refractivity contribution is 0.254. The second kappa shape index (κ2) is 7.77. The summed E-state index contributed by atoms with van der Waals surface area (Å²) in [6.07, 6.45) is 9.03. The number of hydrogen-bond donors (Lipinski definition) is 1. The van der Waals surface area contributed by atoms with Crippen molar-refractivity contribution in [2.24, 2.45) is 0 Å². The van der Waals surface area contributed by atoms with Crippen LogP contribution >= 0.6 is 0 Å². The van der Waals surface area contributed by atoms with Crippen molar-refractivity contribution in [3.8, 4) is 17.8 Å². The van der Waals surface area contributed by atoms with Gasteiger partial charge in [0.25, 0.3) is 0 Å². The average molecular weight is 335 g/mol. The number of fused-ring (bicyclic) bond motifs is 1. The van der Waals surface area contributed by atoms with Crippen LogP contribution in [-0.2, 0) is 13.0 Å². The molecule has 1 aliphatic rings. The van der Waals surface area contributed by atoms with E-state index in [4.69, 9.17) is 5.26 Å². The van der Waals surface area contributed by atoms with Crippen molar-refractivity contribution in [1.29, 1.82) is 5.26 Å². The molecular formula is C19H21N5O. The first-order valence-corrected chi connectivity index (χ1v) is 8.39. The molecule has 0 unspecified atom stereocenters. The zero-order chi connectivity index (χ0) is 17.6. The first-order chi connectivity index (χ1) is 12.2. The Kier molecular flexibility index (Phi) is 5.26. The summed E-state index contributed by atoms with van der Waals surface area (Å²) in [5.74, 6) is 0.819. The predicted molar refractivity (Wildman–Crippen MR) is 95.1 cm³/mol. The molecule has 0 radical (unpaired) electrons. The Balaban J connectivity index is 1.65. The molecule has 1 aliphatic heterocycles. The van der Waals surface area contributed by atoms with Crippen molar-refractivity contribution in [3.63, 3.8) is 0 Å². The van der Waals surface area contributed by atoms with Gasteiger partial charge in [0.15, 0.2) is 5.82 Å². The van der Waals surface area contributed by atoms with E-state index in [1.807, 2.05) is 37.3 Å². The summed E-state index contributed by atoms with van der Waals surface area (Å²) in [6.45, 7) is 4.36. The summed E-state index contributed by atoms with van der Waals surface area (Å²) in [5, 5.41) is 23.9. The van der Waals surface area contributed by atoms with E-state index < -0.39 is 0 Å². The SMILES string of the molecule is C/C=C(C#N)\C=C/CCN1CCc2c(nn(-c3ccccn3)c2O)C1. The molecule has 0 atom stereocenters. The highest BCUT2D eigenvalue weighted by molar-refractivity contribution is 5.38. The van der Waals surface area contributed by atoms with Gasteiger partial charge in [-0.2, -0.15) is 15.0 Å². The number of aromatic hydroxyl groups is 1. The van der Waals surface area contributed by atoms with Crippen LogP contribution in [0.15, 0.2) is 48.2 Å². The smallest absolute Gasteiger partial charge is 0.219 e. The van der Waals surface area contributed by atoms with Crippen molar-refractivity contribution in [3.05, 3.63) is 59.5 Å². The topological polar surface area (TPSA) is 78.0 Å². The number of hydrogen-bond acceptors (Lipinski definition) is 5. The minimum absolute atomic E-state index is 0.194. The minimum Gasteiger partial charge on any atom is -0.493 e. The maximum Gasteiger partial charge on any atom is 0.219 e. The zero-order valence-corrected chi connectivity index (χ0v) is 14.3. The van der Waals surface area contributed by atoms with Crippen LogP contribution in [0.3, 0.4) is 0 Å². The lowest BCUT2D eigenvalue weighted by atomic mass is 10.1. The second-order valence-corrected chi connectivity index (χ2v) is 5.92. The predicted octanol–water partition coefficient (Wildman–Crippen LogP) is 2.75. The molecule has 128 valence electrons. The molecule has 0 fully saturated rings. The van der Waals surface area contributed by atoms with Crippen molar-refractivity contribution in [2.45, 2.75) is 26.3 Å². The van der Waals surface area contributed by atoms with Crippen LogP contribution < -0.4 is 0 Å². The van der Waals surface area contributed by atoms with Gasteiger partial charge in [0.2, 0.25) is 5.88 Å². The van der Waals surface area contributed by atoms with E-state index in [2.05, 4.69) is 21.1 Å². The lowest BCUT2D eigenvalue weighted by Crippen LogP contribution is -2.31. The Hall–Kier alpha value is -2.91. The van der Waals surface area contributed by atoms with Crippen LogP contribution in [0, 0.1) is 11.3 Å². The third-order valence-corrected chi connectivity index (χ3v) is 4.31. The largest absolute Gasteiger partial charge is 0.493 e. The number of aromatic nitrogens is 3. The molecule has 0 saturated carbocycles. The standard InChI is InChI=1S/C19H21N5O/c1-2-15(13-20)7-4-6-11-23-12-9-16-17(14-23)22-24(19(16)25)18-8-3-5-10-21-18/h2-5,7-8,10,25H,6,9,11-12,14H2,1H3/b7-4-,15-2+. The minimum atomic E-state index is 0.194. The van der Waals surface area contributed by atoms with Gasteiger partial charge in [-0.1, -0.05) is 18.2 Å². The molecule has 3 heterocycles. The lowest BCUT2D eigenvalue weighted by Gasteiger charge is -2.25. The van der Waals surface area contributed by atoms with Crippen LogP contribution in [0.2, 0.25) is 0 Å². The molecule has 6 nitrogen and oxygen atoms in total. The molecule has 25 heavy (non-hydrogen) atoms. The Morgan fingerprint density at radius 2 is 2.32 bits per heavy atom. The van der Waals surface area contributed by atoms with Gasteiger partial charge in [-0.15, -0.1) is 0 Å². The summed E-state index contributed by atoms with van der Waals surface area (Å²) in [5.41, 5.74) is 2.50. The fourth-order valence-corrected chi connectivity index (χ4v) is 2.92. The number of pyridine rings is 1. The molecule has 0 bridgehead atoms.